The first-order chi connectivity index (χ1) is 14.7. The molecule has 3 rings (SSSR count). The van der Waals surface area contributed by atoms with Crippen LogP contribution in [0.15, 0.2) is 45.0 Å². The molecule has 0 bridgehead atoms. The fourth-order valence-corrected chi connectivity index (χ4v) is 3.99. The molecule has 164 valence electrons. The smallest absolute Gasteiger partial charge is 0.437 e. The summed E-state index contributed by atoms with van der Waals surface area (Å²) < 4.78 is 15.9. The highest BCUT2D eigenvalue weighted by atomic mass is 35.5. The molecule has 1 unspecified atom stereocenters. The molecule has 0 aliphatic carbocycles. The zero-order valence-corrected chi connectivity index (χ0v) is 19.0. The number of benzene rings is 1. The standard InChI is InChI=1S/C19H18Cl2N4O5S/c1-8-13(17-24-25-18(30-17)31-7-12(22)26)14(10-5-4-6-11(20)15(10)21)16(9(2)23-8)29-19(27)28-3/h4-6,14,23H,7H2,1-3H3,(H2,22,26). The summed E-state index contributed by atoms with van der Waals surface area (Å²) >= 11 is 13.8. The highest BCUT2D eigenvalue weighted by Crippen LogP contribution is 2.46. The average molecular weight is 485 g/mol. The number of nitrogens with two attached hydrogens (primary N) is 1. The van der Waals surface area contributed by atoms with Crippen LogP contribution in [0.5, 0.6) is 0 Å². The second kappa shape index (κ2) is 9.63. The van der Waals surface area contributed by atoms with E-state index in [1.54, 1.807) is 32.0 Å². The molecular formula is C19H18Cl2N4O5S. The van der Waals surface area contributed by atoms with Gasteiger partial charge in [0.1, 0.15) is 5.76 Å². The number of primary amides is 1. The summed E-state index contributed by atoms with van der Waals surface area (Å²) in [7, 11) is 1.21. The number of dihydropyridines is 1. The van der Waals surface area contributed by atoms with Crippen molar-refractivity contribution in [2.75, 3.05) is 12.9 Å². The van der Waals surface area contributed by atoms with E-state index in [0.717, 1.165) is 11.8 Å². The fourth-order valence-electron chi connectivity index (χ4n) is 3.08. The van der Waals surface area contributed by atoms with Crippen LogP contribution in [0.4, 0.5) is 4.79 Å². The van der Waals surface area contributed by atoms with Crippen LogP contribution in [0.3, 0.4) is 0 Å². The lowest BCUT2D eigenvalue weighted by molar-refractivity contribution is -0.115. The molecule has 2 heterocycles. The van der Waals surface area contributed by atoms with E-state index in [1.807, 2.05) is 0 Å². The van der Waals surface area contributed by atoms with Gasteiger partial charge in [0.25, 0.3) is 5.22 Å². The van der Waals surface area contributed by atoms with Crippen LogP contribution in [0.2, 0.25) is 10.0 Å². The molecule has 1 amide bonds. The van der Waals surface area contributed by atoms with Crippen LogP contribution in [-0.4, -0.2) is 35.1 Å². The summed E-state index contributed by atoms with van der Waals surface area (Å²) in [6.07, 6.45) is -0.901. The van der Waals surface area contributed by atoms with Crippen LogP contribution < -0.4 is 11.1 Å². The Balaban J connectivity index is 2.13. The van der Waals surface area contributed by atoms with Crippen molar-refractivity contribution in [2.24, 2.45) is 5.73 Å². The van der Waals surface area contributed by atoms with Crippen LogP contribution in [-0.2, 0) is 14.3 Å². The first-order valence-corrected chi connectivity index (χ1v) is 10.6. The van der Waals surface area contributed by atoms with Crippen molar-refractivity contribution >= 4 is 52.6 Å². The SMILES string of the molecule is COC(=O)OC1=C(C)NC(C)=C(c2nnc(SCC(N)=O)o2)C1c1cccc(Cl)c1Cl. The summed E-state index contributed by atoms with van der Waals surface area (Å²) in [5, 5.41) is 12.0. The predicted octanol–water partition coefficient (Wildman–Crippen LogP) is 4.09. The maximum absolute atomic E-state index is 12.0. The highest BCUT2D eigenvalue weighted by Gasteiger charge is 2.37. The third-order valence-corrected chi connectivity index (χ3v) is 6.00. The summed E-state index contributed by atoms with van der Waals surface area (Å²) in [6.45, 7) is 3.55. The molecule has 1 aliphatic heterocycles. The van der Waals surface area contributed by atoms with Gasteiger partial charge in [0.2, 0.25) is 11.8 Å². The number of nitrogens with zero attached hydrogens (tertiary/aromatic N) is 2. The number of methoxy groups -OCH3 is 1. The molecule has 3 N–H and O–H groups in total. The Morgan fingerprint density at radius 2 is 2.00 bits per heavy atom. The van der Waals surface area contributed by atoms with Gasteiger partial charge in [0.05, 0.1) is 40.1 Å². The van der Waals surface area contributed by atoms with E-state index < -0.39 is 18.0 Å². The van der Waals surface area contributed by atoms with E-state index in [9.17, 15) is 9.59 Å². The molecule has 2 aromatic rings. The minimum absolute atomic E-state index is 0.0167. The van der Waals surface area contributed by atoms with Crippen molar-refractivity contribution in [3.63, 3.8) is 0 Å². The maximum atomic E-state index is 12.0. The Morgan fingerprint density at radius 1 is 1.26 bits per heavy atom. The molecule has 1 atom stereocenters. The van der Waals surface area contributed by atoms with Crippen molar-refractivity contribution in [2.45, 2.75) is 25.0 Å². The summed E-state index contributed by atoms with van der Waals surface area (Å²) in [6, 6.07) is 5.13. The van der Waals surface area contributed by atoms with Gasteiger partial charge in [-0.1, -0.05) is 47.1 Å². The molecule has 0 fully saturated rings. The number of aromatic nitrogens is 2. The van der Waals surface area contributed by atoms with E-state index in [1.165, 1.54) is 7.11 Å². The van der Waals surface area contributed by atoms with Crippen molar-refractivity contribution in [1.82, 2.24) is 15.5 Å². The molecule has 1 aliphatic rings. The van der Waals surface area contributed by atoms with Crippen LogP contribution in [0.25, 0.3) is 5.57 Å². The number of nitrogens with one attached hydrogen (secondary N) is 1. The second-order valence-electron chi connectivity index (χ2n) is 6.41. The summed E-state index contributed by atoms with van der Waals surface area (Å²) in [4.78, 5) is 23.0. The number of hydrogen-bond acceptors (Lipinski definition) is 9. The zero-order valence-electron chi connectivity index (χ0n) is 16.7. The molecule has 1 aromatic carbocycles. The monoisotopic (exact) mass is 484 g/mol. The van der Waals surface area contributed by atoms with Crippen LogP contribution >= 0.6 is 35.0 Å². The van der Waals surface area contributed by atoms with Gasteiger partial charge in [-0.3, -0.25) is 4.79 Å². The summed E-state index contributed by atoms with van der Waals surface area (Å²) in [5.41, 5.74) is 7.49. The van der Waals surface area contributed by atoms with Crippen molar-refractivity contribution in [1.29, 1.82) is 0 Å². The van der Waals surface area contributed by atoms with Gasteiger partial charge in [-0.15, -0.1) is 10.2 Å². The number of halogens is 2. The molecule has 0 spiro atoms. The third kappa shape index (κ3) is 4.97. The lowest BCUT2D eigenvalue weighted by atomic mass is 9.85. The van der Waals surface area contributed by atoms with Gasteiger partial charge < -0.3 is 24.9 Å². The number of ether oxygens (including phenoxy) is 2. The van der Waals surface area contributed by atoms with Gasteiger partial charge in [-0.25, -0.2) is 4.79 Å². The minimum Gasteiger partial charge on any atom is -0.437 e. The molecule has 0 saturated heterocycles. The molecule has 0 saturated carbocycles. The van der Waals surface area contributed by atoms with E-state index in [0.29, 0.717) is 27.6 Å². The van der Waals surface area contributed by atoms with Gasteiger partial charge in [-0.2, -0.15) is 0 Å². The van der Waals surface area contributed by atoms with E-state index in [4.69, 9.17) is 38.1 Å². The lowest BCUT2D eigenvalue weighted by Crippen LogP contribution is -2.26. The third-order valence-electron chi connectivity index (χ3n) is 4.33. The highest BCUT2D eigenvalue weighted by molar-refractivity contribution is 7.99. The van der Waals surface area contributed by atoms with Gasteiger partial charge >= 0.3 is 6.16 Å². The Hall–Kier alpha value is -2.69. The van der Waals surface area contributed by atoms with Crippen molar-refractivity contribution < 1.29 is 23.5 Å². The second-order valence-corrected chi connectivity index (χ2v) is 8.13. The Kier molecular flexibility index (Phi) is 7.14. The number of hydrogen-bond donors (Lipinski definition) is 2. The largest absolute Gasteiger partial charge is 0.513 e. The normalized spacial score (nSPS) is 16.2. The van der Waals surface area contributed by atoms with Gasteiger partial charge in [0, 0.05) is 5.70 Å². The Morgan fingerprint density at radius 3 is 2.68 bits per heavy atom. The molecule has 0 radical (unpaired) electrons. The minimum atomic E-state index is -0.901. The molecule has 9 nitrogen and oxygen atoms in total. The zero-order chi connectivity index (χ0) is 22.7. The Labute approximate surface area is 191 Å². The first kappa shape index (κ1) is 23.0. The quantitative estimate of drug-likeness (QED) is 0.459. The van der Waals surface area contributed by atoms with Gasteiger partial charge in [0.15, 0.2) is 0 Å². The predicted molar refractivity (Wildman–Crippen MR) is 115 cm³/mol. The number of carbonyl (C=O) groups excluding carboxylic acids is 2. The van der Waals surface area contributed by atoms with Crippen molar-refractivity contribution in [3.05, 3.63) is 56.9 Å². The number of thioether (sulfide) groups is 1. The molecular weight excluding hydrogens is 467 g/mol. The summed E-state index contributed by atoms with van der Waals surface area (Å²) in [5.74, 6) is -0.856. The molecule has 1 aromatic heterocycles. The fraction of sp³-hybridized carbons (Fsp3) is 0.263. The number of amides is 1. The van der Waals surface area contributed by atoms with Crippen LogP contribution in [0.1, 0.15) is 31.2 Å². The number of carbonyl (C=O) groups is 2. The van der Waals surface area contributed by atoms with E-state index in [2.05, 4.69) is 20.3 Å². The maximum Gasteiger partial charge on any atom is 0.513 e. The van der Waals surface area contributed by atoms with Crippen LogP contribution in [0, 0.1) is 0 Å². The van der Waals surface area contributed by atoms with E-state index in [-0.39, 0.29) is 27.6 Å². The lowest BCUT2D eigenvalue weighted by Gasteiger charge is -2.30. The topological polar surface area (TPSA) is 130 Å². The number of allylic oxidation sites excluding steroid dienone is 3. The molecule has 31 heavy (non-hydrogen) atoms. The van der Waals surface area contributed by atoms with Crippen molar-refractivity contribution in [3.8, 4) is 0 Å². The van der Waals surface area contributed by atoms with E-state index >= 15 is 0 Å². The Bertz CT molecular complexity index is 1100. The number of rotatable bonds is 6. The average Bonchev–Trinajstić information content (AvgIpc) is 3.18. The first-order valence-electron chi connectivity index (χ1n) is 8.86. The van der Waals surface area contributed by atoms with Gasteiger partial charge in [-0.05, 0) is 25.5 Å². The molecule has 12 heteroatoms.